The highest BCUT2D eigenvalue weighted by molar-refractivity contribution is 7.17. The van der Waals surface area contributed by atoms with Crippen molar-refractivity contribution in [1.29, 1.82) is 0 Å². The Morgan fingerprint density at radius 1 is 1.15 bits per heavy atom. The molecule has 2 aromatic heterocycles. The second-order valence-electron chi connectivity index (χ2n) is 9.41. The van der Waals surface area contributed by atoms with Crippen LogP contribution in [0.15, 0.2) is 45.6 Å². The quantitative estimate of drug-likeness (QED) is 0.258. The molecule has 1 amide bonds. The molecular weight excluding hydrogens is 544 g/mol. The summed E-state index contributed by atoms with van der Waals surface area (Å²) >= 11 is 7.18. The lowest BCUT2D eigenvalue weighted by Crippen LogP contribution is -2.29. The number of carbonyl (C=O) groups is 2. The van der Waals surface area contributed by atoms with Gasteiger partial charge in [-0.15, -0.1) is 0 Å². The van der Waals surface area contributed by atoms with Crippen molar-refractivity contribution in [3.8, 4) is 11.5 Å². The number of thiazole rings is 1. The van der Waals surface area contributed by atoms with Crippen LogP contribution in [0.3, 0.4) is 0 Å². The number of hydrogen-bond acceptors (Lipinski definition) is 9. The van der Waals surface area contributed by atoms with Crippen LogP contribution in [0.5, 0.6) is 11.5 Å². The largest absolute Gasteiger partial charge is 0.493 e. The molecular formula is C28H25ClN2O7S. The van der Waals surface area contributed by atoms with Gasteiger partial charge in [0.1, 0.15) is 10.5 Å². The SMILES string of the molecule is COC(=O)c1sc(N2C(=O)c3oc4ccc(Cl)cc4c(=O)c3C2c2ccc(OCC(C)C)c(OC)c2)nc1C. The van der Waals surface area contributed by atoms with Gasteiger partial charge in [0.2, 0.25) is 5.76 Å². The third-order valence-corrected chi connectivity index (χ3v) is 7.64. The Bertz CT molecular complexity index is 1680. The predicted octanol–water partition coefficient (Wildman–Crippen LogP) is 5.79. The molecule has 11 heteroatoms. The number of carbonyl (C=O) groups excluding carboxylic acids is 2. The molecule has 1 aliphatic heterocycles. The number of nitrogens with zero attached hydrogens (tertiary/aromatic N) is 2. The second-order valence-corrected chi connectivity index (χ2v) is 10.8. The molecule has 3 heterocycles. The number of methoxy groups -OCH3 is 2. The fraction of sp³-hybridized carbons (Fsp3) is 0.286. The Hall–Kier alpha value is -3.89. The van der Waals surface area contributed by atoms with Gasteiger partial charge in [0.15, 0.2) is 22.1 Å². The second kappa shape index (κ2) is 10.3. The summed E-state index contributed by atoms with van der Waals surface area (Å²) in [5.41, 5.74) is 0.945. The molecule has 1 atom stereocenters. The van der Waals surface area contributed by atoms with Gasteiger partial charge in [-0.2, -0.15) is 0 Å². The number of ether oxygens (including phenoxy) is 3. The molecule has 0 spiro atoms. The molecule has 4 aromatic rings. The number of hydrogen-bond donors (Lipinski definition) is 0. The summed E-state index contributed by atoms with van der Waals surface area (Å²) < 4.78 is 22.4. The third kappa shape index (κ3) is 4.63. The summed E-state index contributed by atoms with van der Waals surface area (Å²) in [7, 11) is 2.79. The van der Waals surface area contributed by atoms with Crippen LogP contribution < -0.4 is 19.8 Å². The fourth-order valence-electron chi connectivity index (χ4n) is 4.46. The molecule has 0 N–H and O–H groups in total. The van der Waals surface area contributed by atoms with E-state index in [1.165, 1.54) is 25.2 Å². The number of aryl methyl sites for hydroxylation is 1. The number of fused-ring (bicyclic) bond motifs is 2. The molecule has 0 bridgehead atoms. The monoisotopic (exact) mass is 568 g/mol. The van der Waals surface area contributed by atoms with Gasteiger partial charge >= 0.3 is 5.97 Å². The maximum Gasteiger partial charge on any atom is 0.350 e. The lowest BCUT2D eigenvalue weighted by atomic mass is 9.98. The molecule has 39 heavy (non-hydrogen) atoms. The van der Waals surface area contributed by atoms with Gasteiger partial charge in [-0.25, -0.2) is 9.78 Å². The van der Waals surface area contributed by atoms with Crippen molar-refractivity contribution in [2.24, 2.45) is 5.92 Å². The first-order valence-corrected chi connectivity index (χ1v) is 13.3. The summed E-state index contributed by atoms with van der Waals surface area (Å²) in [5.74, 6) is 0.0276. The van der Waals surface area contributed by atoms with E-state index in [0.29, 0.717) is 40.3 Å². The van der Waals surface area contributed by atoms with E-state index < -0.39 is 23.3 Å². The van der Waals surface area contributed by atoms with E-state index in [-0.39, 0.29) is 32.3 Å². The van der Waals surface area contributed by atoms with Crippen LogP contribution in [0, 0.1) is 12.8 Å². The minimum Gasteiger partial charge on any atom is -0.493 e. The van der Waals surface area contributed by atoms with E-state index >= 15 is 0 Å². The number of amides is 1. The molecule has 202 valence electrons. The van der Waals surface area contributed by atoms with Gasteiger partial charge in [0, 0.05) is 5.02 Å². The minimum atomic E-state index is -0.920. The first kappa shape index (κ1) is 26.7. The van der Waals surface area contributed by atoms with E-state index in [4.69, 9.17) is 30.2 Å². The first-order valence-electron chi connectivity index (χ1n) is 12.1. The van der Waals surface area contributed by atoms with Crippen molar-refractivity contribution in [3.05, 3.63) is 79.1 Å². The van der Waals surface area contributed by atoms with Crippen molar-refractivity contribution in [1.82, 2.24) is 4.98 Å². The third-order valence-electron chi connectivity index (χ3n) is 6.27. The van der Waals surface area contributed by atoms with Crippen LogP contribution in [-0.4, -0.2) is 37.7 Å². The van der Waals surface area contributed by atoms with E-state index in [1.807, 2.05) is 13.8 Å². The van der Waals surface area contributed by atoms with Gasteiger partial charge in [0.05, 0.1) is 43.5 Å². The zero-order valence-electron chi connectivity index (χ0n) is 21.9. The van der Waals surface area contributed by atoms with Crippen molar-refractivity contribution in [3.63, 3.8) is 0 Å². The first-order chi connectivity index (χ1) is 18.6. The van der Waals surface area contributed by atoms with Gasteiger partial charge in [-0.3, -0.25) is 14.5 Å². The molecule has 1 aliphatic rings. The molecule has 0 saturated heterocycles. The number of benzene rings is 2. The van der Waals surface area contributed by atoms with Crippen molar-refractivity contribution in [2.45, 2.75) is 26.8 Å². The predicted molar refractivity (Wildman–Crippen MR) is 148 cm³/mol. The number of aromatic nitrogens is 1. The number of anilines is 1. The van der Waals surface area contributed by atoms with Crippen molar-refractivity contribution < 1.29 is 28.2 Å². The van der Waals surface area contributed by atoms with E-state index in [1.54, 1.807) is 37.3 Å². The molecule has 1 unspecified atom stereocenters. The number of halogens is 1. The topological polar surface area (TPSA) is 108 Å². The molecule has 2 aromatic carbocycles. The van der Waals surface area contributed by atoms with E-state index in [9.17, 15) is 14.4 Å². The maximum absolute atomic E-state index is 13.9. The normalized spacial score (nSPS) is 14.7. The molecule has 0 fully saturated rings. The molecule has 9 nitrogen and oxygen atoms in total. The van der Waals surface area contributed by atoms with Crippen LogP contribution >= 0.6 is 22.9 Å². The van der Waals surface area contributed by atoms with Crippen LogP contribution in [0.1, 0.15) is 56.9 Å². The summed E-state index contributed by atoms with van der Waals surface area (Å²) in [6.07, 6.45) is 0. The molecule has 5 rings (SSSR count). The number of rotatable bonds is 7. The average molecular weight is 569 g/mol. The molecule has 0 aliphatic carbocycles. The Kier molecular flexibility index (Phi) is 7.09. The van der Waals surface area contributed by atoms with Gasteiger partial charge in [0.25, 0.3) is 5.91 Å². The highest BCUT2D eigenvalue weighted by atomic mass is 35.5. The highest BCUT2D eigenvalue weighted by Crippen LogP contribution is 2.45. The van der Waals surface area contributed by atoms with Crippen LogP contribution in [0.4, 0.5) is 5.13 Å². The van der Waals surface area contributed by atoms with Crippen LogP contribution in [-0.2, 0) is 4.74 Å². The summed E-state index contributed by atoms with van der Waals surface area (Å²) in [6, 6.07) is 8.96. The van der Waals surface area contributed by atoms with Gasteiger partial charge in [-0.1, -0.05) is 42.9 Å². The summed E-state index contributed by atoms with van der Waals surface area (Å²) in [6.45, 7) is 6.21. The Morgan fingerprint density at radius 2 is 1.92 bits per heavy atom. The summed E-state index contributed by atoms with van der Waals surface area (Å²) in [4.78, 5) is 46.2. The van der Waals surface area contributed by atoms with E-state index in [0.717, 1.165) is 11.3 Å². The zero-order chi connectivity index (χ0) is 28.0. The Morgan fingerprint density at radius 3 is 2.62 bits per heavy atom. The Labute approximate surface area is 232 Å². The van der Waals surface area contributed by atoms with E-state index in [2.05, 4.69) is 4.98 Å². The zero-order valence-corrected chi connectivity index (χ0v) is 23.4. The summed E-state index contributed by atoms with van der Waals surface area (Å²) in [5, 5.41) is 0.823. The average Bonchev–Trinajstić information content (AvgIpc) is 3.44. The smallest absolute Gasteiger partial charge is 0.350 e. The number of esters is 1. The Balaban J connectivity index is 1.73. The molecule has 0 saturated carbocycles. The lowest BCUT2D eigenvalue weighted by Gasteiger charge is -2.23. The highest BCUT2D eigenvalue weighted by Gasteiger charge is 2.45. The molecule has 0 radical (unpaired) electrons. The maximum atomic E-state index is 13.9. The van der Waals surface area contributed by atoms with Gasteiger partial charge in [-0.05, 0) is 48.7 Å². The fourth-order valence-corrected chi connectivity index (χ4v) is 5.64. The van der Waals surface area contributed by atoms with Gasteiger partial charge < -0.3 is 18.6 Å². The minimum absolute atomic E-state index is 0.105. The lowest BCUT2D eigenvalue weighted by molar-refractivity contribution is 0.0605. The standard InChI is InChI=1S/C28H25ClN2O7S/c1-13(2)12-37-19-8-6-15(10-20(19)35-4)22-21-23(32)17-11-16(29)7-9-18(17)38-24(21)26(33)31(22)28-30-14(3)25(39-28)27(34)36-5/h6-11,13,22H,12H2,1-5H3. The van der Waals surface area contributed by atoms with Crippen molar-refractivity contribution in [2.75, 3.05) is 25.7 Å². The van der Waals surface area contributed by atoms with Crippen molar-refractivity contribution >= 4 is 50.9 Å². The van der Waals surface area contributed by atoms with Crippen LogP contribution in [0.2, 0.25) is 5.02 Å². The van der Waals surface area contributed by atoms with Crippen LogP contribution in [0.25, 0.3) is 11.0 Å².